The molecule has 0 spiro atoms. The van der Waals surface area contributed by atoms with Crippen molar-refractivity contribution in [2.45, 2.75) is 69.9 Å². The Balaban J connectivity index is 1.97. The van der Waals surface area contributed by atoms with Crippen molar-refractivity contribution in [3.05, 3.63) is 95.8 Å². The fraction of sp³-hybridized carbons (Fsp3) is 0.367. The minimum absolute atomic E-state index is 0.0184. The highest BCUT2D eigenvalue weighted by Crippen LogP contribution is 2.48. The summed E-state index contributed by atoms with van der Waals surface area (Å²) in [7, 11) is -4.10. The topological polar surface area (TPSA) is 22.1 Å². The van der Waals surface area contributed by atoms with Crippen LogP contribution in [0, 0.1) is 11.5 Å². The molecule has 0 amide bonds. The molecule has 4 rings (SSSR count). The molecule has 3 aromatic rings. The van der Waals surface area contributed by atoms with Gasteiger partial charge in [0.15, 0.2) is 0 Å². The summed E-state index contributed by atoms with van der Waals surface area (Å²) in [6.45, 7) is 14.0. The molecule has 0 unspecified atom stereocenters. The highest BCUT2D eigenvalue weighted by molar-refractivity contribution is 6.90. The lowest BCUT2D eigenvalue weighted by molar-refractivity contribution is 0.111. The molecule has 0 aliphatic carbocycles. The van der Waals surface area contributed by atoms with Gasteiger partial charge in [-0.2, -0.15) is 0 Å². The Morgan fingerprint density at radius 2 is 1.59 bits per heavy atom. The summed E-state index contributed by atoms with van der Waals surface area (Å²) >= 11 is 0. The number of fused-ring (bicyclic) bond motifs is 1. The third kappa shape index (κ3) is 4.98. The quantitative estimate of drug-likeness (QED) is 0.300. The smallest absolute Gasteiger partial charge is 0.232 e. The average molecular weight is 484 g/mol. The lowest BCUT2D eigenvalue weighted by atomic mass is 9.90. The Morgan fingerprint density at radius 1 is 0.912 bits per heavy atom. The van der Waals surface area contributed by atoms with Crippen LogP contribution in [0.5, 0.6) is 0 Å². The second-order valence-electron chi connectivity index (χ2n) is 11.5. The first-order chi connectivity index (χ1) is 16.0. The first kappa shape index (κ1) is 24.7. The van der Waals surface area contributed by atoms with Crippen molar-refractivity contribution in [3.63, 3.8) is 0 Å². The second kappa shape index (κ2) is 9.30. The number of hydrogen-bond acceptors (Lipinski definition) is 2. The Labute approximate surface area is 208 Å². The molecule has 0 saturated carbocycles. The molecule has 1 aromatic heterocycles. The Morgan fingerprint density at radius 3 is 2.24 bits per heavy atom. The van der Waals surface area contributed by atoms with Crippen molar-refractivity contribution in [1.82, 2.24) is 4.98 Å². The Kier molecular flexibility index (Phi) is 6.74. The van der Waals surface area contributed by atoms with Crippen LogP contribution in [0.3, 0.4) is 0 Å². The Bertz CT molecular complexity index is 1190. The zero-order valence-electron chi connectivity index (χ0n) is 21.5. The number of rotatable bonds is 5. The fourth-order valence-electron chi connectivity index (χ4n) is 5.01. The third-order valence-electron chi connectivity index (χ3n) is 6.79. The van der Waals surface area contributed by atoms with Crippen molar-refractivity contribution >= 4 is 21.6 Å². The highest BCUT2D eigenvalue weighted by atomic mass is 28.4. The number of hydrogen-bond donors (Lipinski definition) is 0. The second-order valence-corrected chi connectivity index (χ2v) is 20.7. The lowest BCUT2D eigenvalue weighted by Crippen LogP contribution is -2.60. The van der Waals surface area contributed by atoms with Crippen LogP contribution >= 0.6 is 0 Å². The summed E-state index contributed by atoms with van der Waals surface area (Å²) in [5.74, 6) is 3.78. The predicted octanol–water partition coefficient (Wildman–Crippen LogP) is 6.63. The molecular weight excluding hydrogens is 447 g/mol. The van der Waals surface area contributed by atoms with Crippen molar-refractivity contribution in [3.8, 4) is 11.5 Å². The zero-order chi connectivity index (χ0) is 24.5. The van der Waals surface area contributed by atoms with Gasteiger partial charge in [0.05, 0.1) is 0 Å². The summed E-state index contributed by atoms with van der Waals surface area (Å²) in [5.41, 5.74) is 6.56. The van der Waals surface area contributed by atoms with E-state index in [9.17, 15) is 0 Å². The van der Waals surface area contributed by atoms with E-state index in [1.54, 1.807) is 0 Å². The summed E-state index contributed by atoms with van der Waals surface area (Å²) in [5, 5.41) is 1.46. The van der Waals surface area contributed by atoms with E-state index in [4.69, 9.17) is 9.41 Å². The van der Waals surface area contributed by atoms with Gasteiger partial charge in [-0.05, 0) is 45.9 Å². The summed E-state index contributed by atoms with van der Waals surface area (Å²) in [4.78, 5) is 4.72. The predicted molar refractivity (Wildman–Crippen MR) is 148 cm³/mol. The number of nitrogens with zero attached hydrogens (tertiary/aromatic N) is 1. The van der Waals surface area contributed by atoms with Crippen LogP contribution in [-0.4, -0.2) is 21.4 Å². The van der Waals surface area contributed by atoms with Crippen LogP contribution < -0.4 is 5.19 Å². The molecule has 34 heavy (non-hydrogen) atoms. The number of aromatic nitrogens is 1. The van der Waals surface area contributed by atoms with Crippen molar-refractivity contribution in [2.24, 2.45) is 0 Å². The van der Waals surface area contributed by atoms with Crippen LogP contribution in [0.2, 0.25) is 30.7 Å². The van der Waals surface area contributed by atoms with Gasteiger partial charge in [0.2, 0.25) is 8.32 Å². The minimum atomic E-state index is -2.44. The van der Waals surface area contributed by atoms with Gasteiger partial charge in [-0.15, -0.1) is 5.54 Å². The number of aryl methyl sites for hydroxylation is 1. The van der Waals surface area contributed by atoms with E-state index < -0.39 is 22.0 Å². The molecular formula is C30H37NOSi2. The molecule has 176 valence electrons. The van der Waals surface area contributed by atoms with Gasteiger partial charge in [0.1, 0.15) is 13.7 Å². The van der Waals surface area contributed by atoms with E-state index in [0.29, 0.717) is 6.42 Å². The van der Waals surface area contributed by atoms with E-state index in [1.807, 2.05) is 12.3 Å². The molecule has 2 nitrogen and oxygen atoms in total. The monoisotopic (exact) mass is 483 g/mol. The SMILES string of the molecule is CC(C)(C)[Si@]1(O[C@@](C#C[Si](C)(C)C)(Cc2ccccn2)c2ccccc2)CCc2ccccc21. The first-order valence-electron chi connectivity index (χ1n) is 12.3. The molecule has 0 radical (unpaired) electrons. The minimum Gasteiger partial charge on any atom is -0.392 e. The molecule has 0 N–H and O–H groups in total. The fourth-order valence-corrected chi connectivity index (χ4v) is 10.5. The van der Waals surface area contributed by atoms with Crippen molar-refractivity contribution < 1.29 is 4.43 Å². The molecule has 1 aliphatic rings. The van der Waals surface area contributed by atoms with Gasteiger partial charge in [0, 0.05) is 18.3 Å². The van der Waals surface area contributed by atoms with Crippen molar-refractivity contribution in [2.75, 3.05) is 0 Å². The van der Waals surface area contributed by atoms with Gasteiger partial charge in [-0.1, -0.05) is 107 Å². The maximum atomic E-state index is 7.71. The largest absolute Gasteiger partial charge is 0.392 e. The molecule has 0 fully saturated rings. The maximum absolute atomic E-state index is 7.71. The van der Waals surface area contributed by atoms with Crippen molar-refractivity contribution in [1.29, 1.82) is 0 Å². The van der Waals surface area contributed by atoms with Gasteiger partial charge in [0.25, 0.3) is 0 Å². The van der Waals surface area contributed by atoms with Gasteiger partial charge >= 0.3 is 0 Å². The van der Waals surface area contributed by atoms with Crippen LogP contribution in [0.25, 0.3) is 0 Å². The van der Waals surface area contributed by atoms with E-state index >= 15 is 0 Å². The standard InChI is InChI=1S/C30H37NOSi2/c1-29(2,3)34(22-19-25-14-10-11-18-28(25)34)32-30(20-23-33(4,5)6,26-15-8-7-9-16-26)24-27-17-12-13-21-31-27/h7-18,21H,19,22,24H2,1-6H3/t30-,34-/m0/s1. The van der Waals surface area contributed by atoms with E-state index in [2.05, 4.69) is 119 Å². The van der Waals surface area contributed by atoms with E-state index in [0.717, 1.165) is 23.7 Å². The first-order valence-corrected chi connectivity index (χ1v) is 17.9. The summed E-state index contributed by atoms with van der Waals surface area (Å²) in [6.07, 6.45) is 3.59. The molecule has 4 heteroatoms. The normalized spacial score (nSPS) is 19.6. The number of pyridine rings is 1. The van der Waals surface area contributed by atoms with Crippen LogP contribution in [-0.2, 0) is 22.9 Å². The number of benzene rings is 2. The van der Waals surface area contributed by atoms with Crippen LogP contribution in [0.15, 0.2) is 79.0 Å². The third-order valence-corrected chi connectivity index (χ3v) is 13.1. The van der Waals surface area contributed by atoms with Gasteiger partial charge in [-0.25, -0.2) is 0 Å². The maximum Gasteiger partial charge on any atom is 0.232 e. The van der Waals surface area contributed by atoms with E-state index in [-0.39, 0.29) is 5.04 Å². The molecule has 2 atom stereocenters. The van der Waals surface area contributed by atoms with Gasteiger partial charge in [-0.3, -0.25) is 4.98 Å². The molecule has 0 bridgehead atoms. The van der Waals surface area contributed by atoms with Crippen LogP contribution in [0.1, 0.15) is 37.6 Å². The molecule has 0 saturated heterocycles. The van der Waals surface area contributed by atoms with Gasteiger partial charge < -0.3 is 4.43 Å². The lowest BCUT2D eigenvalue weighted by Gasteiger charge is -2.46. The highest BCUT2D eigenvalue weighted by Gasteiger charge is 2.56. The molecule has 2 aromatic carbocycles. The summed E-state index contributed by atoms with van der Waals surface area (Å²) in [6, 6.07) is 26.8. The molecule has 2 heterocycles. The van der Waals surface area contributed by atoms with E-state index in [1.165, 1.54) is 10.8 Å². The van der Waals surface area contributed by atoms with Crippen LogP contribution in [0.4, 0.5) is 0 Å². The Hall–Kier alpha value is -2.46. The average Bonchev–Trinajstić information content (AvgIpc) is 3.18. The summed E-state index contributed by atoms with van der Waals surface area (Å²) < 4.78 is 7.71. The zero-order valence-corrected chi connectivity index (χ0v) is 23.5. The molecule has 1 aliphatic heterocycles.